The fourth-order valence-corrected chi connectivity index (χ4v) is 3.38. The lowest BCUT2D eigenvalue weighted by Gasteiger charge is -2.13. The Kier molecular flexibility index (Phi) is 5.03. The van der Waals surface area contributed by atoms with E-state index in [1.54, 1.807) is 0 Å². The molecule has 1 atom stereocenters. The van der Waals surface area contributed by atoms with E-state index in [0.29, 0.717) is 0 Å². The van der Waals surface area contributed by atoms with Gasteiger partial charge in [-0.15, -0.1) is 0 Å². The molecule has 0 saturated heterocycles. The van der Waals surface area contributed by atoms with Gasteiger partial charge in [0.2, 0.25) is 5.91 Å². The number of fused-ring (bicyclic) bond motifs is 1. The molecule has 3 aromatic rings. The maximum absolute atomic E-state index is 12.5. The van der Waals surface area contributed by atoms with Crippen molar-refractivity contribution in [3.8, 4) is 0 Å². The van der Waals surface area contributed by atoms with Gasteiger partial charge in [0.05, 0.1) is 16.3 Å². The Balaban J connectivity index is 1.71. The molecule has 0 aliphatic rings. The van der Waals surface area contributed by atoms with Crippen LogP contribution in [-0.4, -0.2) is 21.1 Å². The summed E-state index contributed by atoms with van der Waals surface area (Å²) in [6.45, 7) is 2.00. The molecule has 23 heavy (non-hydrogen) atoms. The number of anilines is 1. The van der Waals surface area contributed by atoms with E-state index in [2.05, 4.69) is 31.2 Å². The molecule has 118 valence electrons. The first kappa shape index (κ1) is 16.1. The first-order chi connectivity index (χ1) is 11.2. The van der Waals surface area contributed by atoms with Crippen LogP contribution in [0.2, 0.25) is 0 Å². The second-order valence-electron chi connectivity index (χ2n) is 5.07. The van der Waals surface area contributed by atoms with Gasteiger partial charge in [-0.3, -0.25) is 4.79 Å². The topological polar surface area (TPSA) is 57.8 Å². The monoisotopic (exact) mass is 389 g/mol. The molecule has 3 rings (SSSR count). The number of rotatable bonds is 5. The molecule has 1 amide bonds. The van der Waals surface area contributed by atoms with E-state index in [1.807, 2.05) is 55.5 Å². The van der Waals surface area contributed by atoms with E-state index < -0.39 is 0 Å². The van der Waals surface area contributed by atoms with Crippen LogP contribution in [0.4, 0.5) is 5.69 Å². The van der Waals surface area contributed by atoms with Gasteiger partial charge in [0.15, 0.2) is 5.16 Å². The maximum Gasteiger partial charge on any atom is 0.237 e. The predicted molar refractivity (Wildman–Crippen MR) is 98.8 cm³/mol. The second-order valence-corrected chi connectivity index (χ2v) is 7.18. The highest BCUT2D eigenvalue weighted by molar-refractivity contribution is 9.10. The van der Waals surface area contributed by atoms with Crippen molar-refractivity contribution in [1.82, 2.24) is 9.97 Å². The maximum atomic E-state index is 12.5. The number of hydrogen-bond donors (Lipinski definition) is 2. The average molecular weight is 390 g/mol. The van der Waals surface area contributed by atoms with Crippen LogP contribution < -0.4 is 5.32 Å². The lowest BCUT2D eigenvalue weighted by Crippen LogP contribution is -2.24. The summed E-state index contributed by atoms with van der Waals surface area (Å²) in [7, 11) is 0. The number of halogens is 1. The van der Waals surface area contributed by atoms with E-state index in [4.69, 9.17) is 0 Å². The van der Waals surface area contributed by atoms with Crippen molar-refractivity contribution in [2.75, 3.05) is 5.32 Å². The standard InChI is InChI=1S/C17H16BrN3OS/c1-2-15(16(22)19-12-9-7-11(18)8-10-12)23-17-20-13-5-3-4-6-14(13)21-17/h3-10,15H,2H2,1H3,(H,19,22)(H,20,21)/t15-/m0/s1. The smallest absolute Gasteiger partial charge is 0.237 e. The van der Waals surface area contributed by atoms with Crippen LogP contribution in [0.5, 0.6) is 0 Å². The molecule has 0 bridgehead atoms. The largest absolute Gasteiger partial charge is 0.333 e. The molecule has 1 heterocycles. The highest BCUT2D eigenvalue weighted by Crippen LogP contribution is 2.26. The van der Waals surface area contributed by atoms with E-state index in [9.17, 15) is 4.79 Å². The number of carbonyl (C=O) groups excluding carboxylic acids is 1. The molecule has 2 aromatic carbocycles. The fourth-order valence-electron chi connectivity index (χ4n) is 2.20. The Morgan fingerprint density at radius 3 is 2.70 bits per heavy atom. The van der Waals surface area contributed by atoms with Gasteiger partial charge in [0.25, 0.3) is 0 Å². The number of H-pyrrole nitrogens is 1. The van der Waals surface area contributed by atoms with Crippen molar-refractivity contribution < 1.29 is 4.79 Å². The van der Waals surface area contributed by atoms with E-state index in [0.717, 1.165) is 32.8 Å². The van der Waals surface area contributed by atoms with Crippen LogP contribution in [0.3, 0.4) is 0 Å². The number of imidazole rings is 1. The summed E-state index contributed by atoms with van der Waals surface area (Å²) < 4.78 is 0.985. The van der Waals surface area contributed by atoms with E-state index in [1.165, 1.54) is 11.8 Å². The minimum atomic E-state index is -0.195. The summed E-state index contributed by atoms with van der Waals surface area (Å²) in [5, 5.41) is 3.52. The highest BCUT2D eigenvalue weighted by Gasteiger charge is 2.19. The Hall–Kier alpha value is -1.79. The summed E-state index contributed by atoms with van der Waals surface area (Å²) >= 11 is 4.84. The van der Waals surface area contributed by atoms with Gasteiger partial charge in [0, 0.05) is 10.2 Å². The molecule has 0 spiro atoms. The van der Waals surface area contributed by atoms with Gasteiger partial charge >= 0.3 is 0 Å². The number of nitrogens with zero attached hydrogens (tertiary/aromatic N) is 1. The molecule has 0 aliphatic carbocycles. The van der Waals surface area contributed by atoms with Gasteiger partial charge in [-0.2, -0.15) is 0 Å². The molecule has 1 aromatic heterocycles. The number of hydrogen-bond acceptors (Lipinski definition) is 3. The molecule has 6 heteroatoms. The SMILES string of the molecule is CC[C@H](Sc1nc2ccccc2[nH]1)C(=O)Nc1ccc(Br)cc1. The average Bonchev–Trinajstić information content (AvgIpc) is 2.97. The molecular formula is C17H16BrN3OS. The fraction of sp³-hybridized carbons (Fsp3) is 0.176. The summed E-state index contributed by atoms with van der Waals surface area (Å²) in [6, 6.07) is 15.4. The van der Waals surface area contributed by atoms with Crippen molar-refractivity contribution in [2.24, 2.45) is 0 Å². The van der Waals surface area contributed by atoms with Crippen molar-refractivity contribution >= 4 is 50.3 Å². The zero-order valence-corrected chi connectivity index (χ0v) is 14.9. The zero-order chi connectivity index (χ0) is 16.2. The third-order valence-electron chi connectivity index (χ3n) is 3.40. The van der Waals surface area contributed by atoms with Crippen LogP contribution in [0.15, 0.2) is 58.2 Å². The second kappa shape index (κ2) is 7.19. The summed E-state index contributed by atoms with van der Waals surface area (Å²) in [5.41, 5.74) is 2.69. The van der Waals surface area contributed by atoms with Gasteiger partial charge in [0.1, 0.15) is 0 Å². The van der Waals surface area contributed by atoms with Crippen LogP contribution in [-0.2, 0) is 4.79 Å². The first-order valence-electron chi connectivity index (χ1n) is 7.33. The minimum absolute atomic E-state index is 0.0136. The highest BCUT2D eigenvalue weighted by atomic mass is 79.9. The third kappa shape index (κ3) is 3.95. The van der Waals surface area contributed by atoms with Gasteiger partial charge in [-0.25, -0.2) is 4.98 Å². The van der Waals surface area contributed by atoms with Crippen LogP contribution in [0.25, 0.3) is 11.0 Å². The summed E-state index contributed by atoms with van der Waals surface area (Å²) in [6.07, 6.45) is 0.726. The van der Waals surface area contributed by atoms with Crippen molar-refractivity contribution in [2.45, 2.75) is 23.8 Å². The van der Waals surface area contributed by atoms with Crippen LogP contribution in [0, 0.1) is 0 Å². The zero-order valence-electron chi connectivity index (χ0n) is 12.5. The Bertz CT molecular complexity index is 783. The number of carbonyl (C=O) groups is 1. The number of para-hydroxylation sites is 2. The molecule has 4 nitrogen and oxygen atoms in total. The number of amides is 1. The van der Waals surface area contributed by atoms with Gasteiger partial charge in [-0.05, 0) is 42.8 Å². The van der Waals surface area contributed by atoms with Crippen LogP contribution in [0.1, 0.15) is 13.3 Å². The number of thioether (sulfide) groups is 1. The van der Waals surface area contributed by atoms with E-state index in [-0.39, 0.29) is 11.2 Å². The lowest BCUT2D eigenvalue weighted by atomic mass is 10.3. The molecule has 0 fully saturated rings. The lowest BCUT2D eigenvalue weighted by molar-refractivity contribution is -0.115. The van der Waals surface area contributed by atoms with E-state index >= 15 is 0 Å². The van der Waals surface area contributed by atoms with Crippen molar-refractivity contribution in [1.29, 1.82) is 0 Å². The predicted octanol–water partition coefficient (Wildman–Crippen LogP) is 4.83. The quantitative estimate of drug-likeness (QED) is 0.614. The Morgan fingerprint density at radius 2 is 2.00 bits per heavy atom. The molecule has 0 unspecified atom stereocenters. The first-order valence-corrected chi connectivity index (χ1v) is 9.01. The summed E-state index contributed by atoms with van der Waals surface area (Å²) in [5.74, 6) is -0.0136. The van der Waals surface area contributed by atoms with Crippen molar-refractivity contribution in [3.63, 3.8) is 0 Å². The molecule has 0 aliphatic heterocycles. The van der Waals surface area contributed by atoms with Gasteiger partial charge < -0.3 is 10.3 Å². The number of aromatic nitrogens is 2. The normalized spacial score (nSPS) is 12.3. The Labute approximate surface area is 147 Å². The van der Waals surface area contributed by atoms with Gasteiger partial charge in [-0.1, -0.05) is 46.7 Å². The van der Waals surface area contributed by atoms with Crippen molar-refractivity contribution in [3.05, 3.63) is 53.0 Å². The third-order valence-corrected chi connectivity index (χ3v) is 5.17. The van der Waals surface area contributed by atoms with Crippen LogP contribution >= 0.6 is 27.7 Å². The molecular weight excluding hydrogens is 374 g/mol. The number of aromatic amines is 1. The minimum Gasteiger partial charge on any atom is -0.333 e. The number of nitrogens with one attached hydrogen (secondary N) is 2. The molecule has 0 radical (unpaired) electrons. The molecule has 0 saturated carbocycles. The summed E-state index contributed by atoms with van der Waals surface area (Å²) in [4.78, 5) is 20.2. The Morgan fingerprint density at radius 1 is 1.26 bits per heavy atom. The molecule has 2 N–H and O–H groups in total. The number of benzene rings is 2.